The molecule has 5 rings (SSSR count). The number of aromatic nitrogens is 3. The van der Waals surface area contributed by atoms with E-state index in [9.17, 15) is 19.6 Å². The maximum absolute atomic E-state index is 14.0. The number of nitro benzene ring substituents is 1. The number of para-hydroxylation sites is 1. The molecule has 0 aliphatic heterocycles. The minimum absolute atomic E-state index is 0.0879. The Balaban J connectivity index is 1.59. The molecule has 1 unspecified atom stereocenters. The van der Waals surface area contributed by atoms with Crippen molar-refractivity contribution < 1.29 is 19.2 Å². The minimum Gasteiger partial charge on any atom is -0.494 e. The molecule has 0 fully saturated rings. The molecule has 1 aliphatic carbocycles. The van der Waals surface area contributed by atoms with Gasteiger partial charge in [-0.2, -0.15) is 9.37 Å². The summed E-state index contributed by atoms with van der Waals surface area (Å²) in [5.74, 6) is -0.124. The number of ether oxygens (including phenoxy) is 1. The number of anilines is 2. The summed E-state index contributed by atoms with van der Waals surface area (Å²) < 4.78 is 21.2. The van der Waals surface area contributed by atoms with Crippen LogP contribution in [0.1, 0.15) is 17.7 Å². The van der Waals surface area contributed by atoms with E-state index in [1.54, 1.807) is 12.3 Å². The molecule has 0 saturated heterocycles. The first-order valence-corrected chi connectivity index (χ1v) is 10.4. The van der Waals surface area contributed by atoms with Crippen LogP contribution in [-0.2, 0) is 12.8 Å². The highest BCUT2D eigenvalue weighted by Gasteiger charge is 2.25. The maximum Gasteiger partial charge on any atom is 0.307 e. The maximum atomic E-state index is 14.0. The number of hydrogen-bond donors (Lipinski definition) is 2. The number of methoxy groups -OCH3 is 1. The fraction of sp³-hybridized carbons (Fsp3) is 0.217. The topological polar surface area (TPSA) is 115 Å². The highest BCUT2D eigenvalue weighted by molar-refractivity contribution is 5.87. The molecule has 2 N–H and O–H groups in total. The first-order chi connectivity index (χ1) is 16.0. The van der Waals surface area contributed by atoms with E-state index in [0.29, 0.717) is 25.1 Å². The molecule has 1 aliphatic rings. The Kier molecular flexibility index (Phi) is 5.14. The van der Waals surface area contributed by atoms with Crippen molar-refractivity contribution in [3.8, 4) is 11.6 Å². The summed E-state index contributed by atoms with van der Waals surface area (Å²) >= 11 is 0. The zero-order valence-corrected chi connectivity index (χ0v) is 17.7. The molecule has 2 aromatic carbocycles. The van der Waals surface area contributed by atoms with Crippen LogP contribution in [0, 0.1) is 15.9 Å². The number of halogens is 1. The fourth-order valence-electron chi connectivity index (χ4n) is 4.36. The lowest BCUT2D eigenvalue weighted by molar-refractivity contribution is -0.387. The molecule has 2 heterocycles. The normalized spacial score (nSPS) is 15.3. The first kappa shape index (κ1) is 20.8. The number of aliphatic hydroxyl groups is 1. The van der Waals surface area contributed by atoms with Gasteiger partial charge in [-0.15, -0.1) is 0 Å². The predicted octanol–water partition coefficient (Wildman–Crippen LogP) is 4.07. The third kappa shape index (κ3) is 3.64. The lowest BCUT2D eigenvalue weighted by Crippen LogP contribution is -2.19. The van der Waals surface area contributed by atoms with Crippen molar-refractivity contribution in [1.82, 2.24) is 14.5 Å². The molecule has 0 saturated carbocycles. The molecule has 2 aromatic heterocycles. The minimum atomic E-state index is -0.996. The van der Waals surface area contributed by atoms with Gasteiger partial charge in [0.25, 0.3) is 0 Å². The van der Waals surface area contributed by atoms with E-state index >= 15 is 0 Å². The number of hydrogen-bond acceptors (Lipinski definition) is 7. The van der Waals surface area contributed by atoms with Gasteiger partial charge in [-0.25, -0.2) is 4.98 Å². The van der Waals surface area contributed by atoms with Crippen molar-refractivity contribution in [3.63, 3.8) is 0 Å². The molecule has 10 heteroatoms. The van der Waals surface area contributed by atoms with Gasteiger partial charge >= 0.3 is 5.69 Å². The van der Waals surface area contributed by atoms with E-state index in [1.807, 2.05) is 28.8 Å². The Hall–Kier alpha value is -4.05. The van der Waals surface area contributed by atoms with Crippen molar-refractivity contribution in [2.45, 2.75) is 25.4 Å². The van der Waals surface area contributed by atoms with E-state index in [1.165, 1.54) is 7.11 Å². The van der Waals surface area contributed by atoms with Gasteiger partial charge in [-0.3, -0.25) is 14.7 Å². The summed E-state index contributed by atoms with van der Waals surface area (Å²) in [6.45, 7) is 0. The van der Waals surface area contributed by atoms with E-state index in [4.69, 9.17) is 4.74 Å². The average molecular weight is 449 g/mol. The highest BCUT2D eigenvalue weighted by Crippen LogP contribution is 2.35. The Labute approximate surface area is 187 Å². The average Bonchev–Trinajstić information content (AvgIpc) is 3.13. The molecule has 0 amide bonds. The molecule has 0 bridgehead atoms. The zero-order chi connectivity index (χ0) is 23.1. The van der Waals surface area contributed by atoms with E-state index in [0.717, 1.165) is 34.3 Å². The second-order valence-electron chi connectivity index (χ2n) is 7.80. The molecule has 33 heavy (non-hydrogen) atoms. The largest absolute Gasteiger partial charge is 0.494 e. The van der Waals surface area contributed by atoms with Gasteiger partial charge in [-0.1, -0.05) is 18.2 Å². The lowest BCUT2D eigenvalue weighted by atomic mass is 9.93. The monoisotopic (exact) mass is 449 g/mol. The summed E-state index contributed by atoms with van der Waals surface area (Å²) in [5.41, 5.74) is 2.65. The van der Waals surface area contributed by atoms with Gasteiger partial charge in [0.05, 0.1) is 29.3 Å². The summed E-state index contributed by atoms with van der Waals surface area (Å²) in [7, 11) is 1.34. The van der Waals surface area contributed by atoms with Crippen LogP contribution in [-0.4, -0.2) is 37.8 Å². The Bertz CT molecular complexity index is 1390. The van der Waals surface area contributed by atoms with Crippen LogP contribution in [0.4, 0.5) is 21.7 Å². The van der Waals surface area contributed by atoms with Crippen molar-refractivity contribution in [3.05, 3.63) is 75.9 Å². The van der Waals surface area contributed by atoms with E-state index in [2.05, 4.69) is 15.3 Å². The Morgan fingerprint density at radius 1 is 1.30 bits per heavy atom. The third-order valence-corrected chi connectivity index (χ3v) is 5.82. The van der Waals surface area contributed by atoms with Crippen LogP contribution >= 0.6 is 0 Å². The smallest absolute Gasteiger partial charge is 0.307 e. The molecule has 0 radical (unpaired) electrons. The number of aliphatic hydroxyl groups excluding tert-OH is 1. The number of benzene rings is 2. The van der Waals surface area contributed by atoms with Gasteiger partial charge in [0.15, 0.2) is 0 Å². The van der Waals surface area contributed by atoms with E-state index < -0.39 is 16.4 Å². The van der Waals surface area contributed by atoms with Gasteiger partial charge in [0.2, 0.25) is 11.8 Å². The van der Waals surface area contributed by atoms with Crippen molar-refractivity contribution in [2.24, 2.45) is 0 Å². The second-order valence-corrected chi connectivity index (χ2v) is 7.80. The van der Waals surface area contributed by atoms with Crippen LogP contribution in [0.25, 0.3) is 16.7 Å². The van der Waals surface area contributed by atoms with Crippen LogP contribution in [0.3, 0.4) is 0 Å². The molecular weight excluding hydrogens is 429 g/mol. The van der Waals surface area contributed by atoms with Crippen LogP contribution < -0.4 is 10.1 Å². The Morgan fingerprint density at radius 3 is 2.91 bits per heavy atom. The number of fused-ring (bicyclic) bond motifs is 3. The van der Waals surface area contributed by atoms with Crippen molar-refractivity contribution in [1.29, 1.82) is 0 Å². The second kappa shape index (κ2) is 8.14. The Morgan fingerprint density at radius 2 is 2.12 bits per heavy atom. The van der Waals surface area contributed by atoms with Crippen LogP contribution in [0.2, 0.25) is 0 Å². The summed E-state index contributed by atoms with van der Waals surface area (Å²) in [6, 6.07) is 11.7. The molecular formula is C23H20FN5O4. The molecule has 1 atom stereocenters. The van der Waals surface area contributed by atoms with Crippen LogP contribution in [0.5, 0.6) is 5.75 Å². The molecule has 4 aromatic rings. The molecule has 0 spiro atoms. The molecule has 9 nitrogen and oxygen atoms in total. The van der Waals surface area contributed by atoms with Gasteiger partial charge < -0.3 is 15.2 Å². The highest BCUT2D eigenvalue weighted by atomic mass is 19.1. The van der Waals surface area contributed by atoms with Crippen molar-refractivity contribution in [2.75, 3.05) is 12.4 Å². The van der Waals surface area contributed by atoms with Gasteiger partial charge in [0, 0.05) is 35.8 Å². The van der Waals surface area contributed by atoms with Gasteiger partial charge in [0.1, 0.15) is 11.6 Å². The van der Waals surface area contributed by atoms with Gasteiger partial charge in [-0.05, 0) is 30.5 Å². The quantitative estimate of drug-likeness (QED) is 0.349. The van der Waals surface area contributed by atoms with E-state index in [-0.39, 0.29) is 23.5 Å². The lowest BCUT2D eigenvalue weighted by Gasteiger charge is -2.20. The SMILES string of the molecule is COc1cc(F)c([N+](=O)[O-])cc1Nc1nccc(-n2c3c(c4ccccc42)CC(O)CC3)n1. The fourth-order valence-corrected chi connectivity index (χ4v) is 4.36. The molecule has 168 valence electrons. The predicted molar refractivity (Wildman–Crippen MR) is 120 cm³/mol. The number of nitro groups is 1. The standard InChI is InChI=1S/C23H20FN5O4/c1-33-21-11-16(24)20(29(31)32)12-17(21)26-23-25-9-8-22(27-23)28-18-5-3-2-4-14(18)15-10-13(30)6-7-19(15)28/h2-5,8-9,11-13,30H,6-7,10H2,1H3,(H,25,26,27). The van der Waals surface area contributed by atoms with Crippen LogP contribution in [0.15, 0.2) is 48.7 Å². The number of nitrogens with one attached hydrogen (secondary N) is 1. The zero-order valence-electron chi connectivity index (χ0n) is 17.7. The summed E-state index contributed by atoms with van der Waals surface area (Å²) in [4.78, 5) is 19.2. The summed E-state index contributed by atoms with van der Waals surface area (Å²) in [6.07, 6.45) is 3.15. The third-order valence-electron chi connectivity index (χ3n) is 5.82. The first-order valence-electron chi connectivity index (χ1n) is 10.4. The number of rotatable bonds is 5. The summed E-state index contributed by atoms with van der Waals surface area (Å²) in [5, 5.41) is 25.3. The van der Waals surface area contributed by atoms with Crippen molar-refractivity contribution >= 4 is 28.2 Å². The number of nitrogens with zero attached hydrogens (tertiary/aromatic N) is 4.